The second kappa shape index (κ2) is 6.46. The zero-order chi connectivity index (χ0) is 14.4. The van der Waals surface area contributed by atoms with E-state index in [1.165, 1.54) is 25.8 Å². The fraction of sp³-hybridized carbons (Fsp3) is 0.231. The number of aromatic amines is 1. The summed E-state index contributed by atoms with van der Waals surface area (Å²) in [7, 11) is 1.28. The molecular weight excluding hydrogens is 260 g/mol. The summed E-state index contributed by atoms with van der Waals surface area (Å²) in [4.78, 5) is 34.3. The van der Waals surface area contributed by atoms with Crippen LogP contribution < -0.4 is 5.32 Å². The Balaban J connectivity index is 2.08. The molecule has 0 spiro atoms. The molecule has 7 heteroatoms. The number of carbonyl (C=O) groups is 2. The molecule has 2 aromatic heterocycles. The lowest BCUT2D eigenvalue weighted by atomic mass is 10.1. The molecule has 0 saturated carbocycles. The Morgan fingerprint density at radius 2 is 2.10 bits per heavy atom. The number of nitrogens with zero attached hydrogens (tertiary/aromatic N) is 2. The second-order valence-corrected chi connectivity index (χ2v) is 4.07. The SMILES string of the molecule is COC(=O)[C@@H](Cc1cnc[nH]1)NC(=O)c1ccncc1. The van der Waals surface area contributed by atoms with E-state index in [0.717, 1.165) is 5.69 Å². The van der Waals surface area contributed by atoms with Crippen molar-refractivity contribution in [1.29, 1.82) is 0 Å². The van der Waals surface area contributed by atoms with Crippen molar-refractivity contribution in [2.24, 2.45) is 0 Å². The first-order valence-corrected chi connectivity index (χ1v) is 5.96. The molecule has 20 heavy (non-hydrogen) atoms. The molecule has 0 aromatic carbocycles. The fourth-order valence-electron chi connectivity index (χ4n) is 1.70. The van der Waals surface area contributed by atoms with Crippen LogP contribution in [0.1, 0.15) is 16.1 Å². The molecule has 1 amide bonds. The molecule has 104 valence electrons. The average molecular weight is 274 g/mol. The number of H-pyrrole nitrogens is 1. The molecule has 0 saturated heterocycles. The minimum atomic E-state index is -0.777. The van der Waals surface area contributed by atoms with Gasteiger partial charge in [0.05, 0.1) is 13.4 Å². The summed E-state index contributed by atoms with van der Waals surface area (Å²) in [6, 6.07) is 2.36. The van der Waals surface area contributed by atoms with Gasteiger partial charge in [0.15, 0.2) is 0 Å². The van der Waals surface area contributed by atoms with Crippen molar-refractivity contribution in [3.8, 4) is 0 Å². The van der Waals surface area contributed by atoms with E-state index in [0.29, 0.717) is 5.56 Å². The van der Waals surface area contributed by atoms with Gasteiger partial charge in [-0.25, -0.2) is 9.78 Å². The molecule has 7 nitrogen and oxygen atoms in total. The van der Waals surface area contributed by atoms with E-state index in [4.69, 9.17) is 4.74 Å². The second-order valence-electron chi connectivity index (χ2n) is 4.07. The molecule has 2 aromatic rings. The van der Waals surface area contributed by atoms with Gasteiger partial charge >= 0.3 is 5.97 Å². The lowest BCUT2D eigenvalue weighted by Crippen LogP contribution is -2.43. The number of hydrogen-bond acceptors (Lipinski definition) is 5. The average Bonchev–Trinajstić information content (AvgIpc) is 2.99. The van der Waals surface area contributed by atoms with Gasteiger partial charge in [0, 0.05) is 36.3 Å². The van der Waals surface area contributed by atoms with Crippen LogP contribution in [0.15, 0.2) is 37.1 Å². The predicted octanol–water partition coefficient (Wildman–Crippen LogP) is 0.319. The molecule has 0 aliphatic heterocycles. The number of pyridine rings is 1. The first-order valence-electron chi connectivity index (χ1n) is 5.96. The van der Waals surface area contributed by atoms with E-state index in [2.05, 4.69) is 20.3 Å². The standard InChI is InChI=1S/C13H14N4O3/c1-20-13(19)11(6-10-7-15-8-16-10)17-12(18)9-2-4-14-5-3-9/h2-5,7-8,11H,6H2,1H3,(H,15,16)(H,17,18)/t11-/m1/s1. The number of esters is 1. The maximum absolute atomic E-state index is 12.0. The third kappa shape index (κ3) is 3.41. The fourth-order valence-corrected chi connectivity index (χ4v) is 1.70. The van der Waals surface area contributed by atoms with Crippen LogP contribution >= 0.6 is 0 Å². The van der Waals surface area contributed by atoms with Gasteiger partial charge < -0.3 is 15.0 Å². The maximum atomic E-state index is 12.0. The third-order valence-corrected chi connectivity index (χ3v) is 2.71. The van der Waals surface area contributed by atoms with Crippen molar-refractivity contribution in [3.63, 3.8) is 0 Å². The maximum Gasteiger partial charge on any atom is 0.328 e. The minimum Gasteiger partial charge on any atom is -0.467 e. The van der Waals surface area contributed by atoms with Crippen molar-refractivity contribution in [2.75, 3.05) is 7.11 Å². The Morgan fingerprint density at radius 3 is 2.70 bits per heavy atom. The van der Waals surface area contributed by atoms with Crippen LogP contribution in [-0.2, 0) is 16.0 Å². The van der Waals surface area contributed by atoms with Gasteiger partial charge in [0.2, 0.25) is 0 Å². The Hall–Kier alpha value is -2.70. The number of carbonyl (C=O) groups excluding carboxylic acids is 2. The minimum absolute atomic E-state index is 0.281. The largest absolute Gasteiger partial charge is 0.467 e. The summed E-state index contributed by atoms with van der Waals surface area (Å²) in [6.07, 6.45) is 6.40. The van der Waals surface area contributed by atoms with Crippen molar-refractivity contribution in [2.45, 2.75) is 12.5 Å². The van der Waals surface area contributed by atoms with Crippen molar-refractivity contribution >= 4 is 11.9 Å². The van der Waals surface area contributed by atoms with Crippen molar-refractivity contribution in [1.82, 2.24) is 20.3 Å². The molecule has 2 N–H and O–H groups in total. The quantitative estimate of drug-likeness (QED) is 0.765. The number of ether oxygens (including phenoxy) is 1. The highest BCUT2D eigenvalue weighted by Crippen LogP contribution is 2.03. The summed E-state index contributed by atoms with van der Waals surface area (Å²) in [5.74, 6) is -0.871. The third-order valence-electron chi connectivity index (χ3n) is 2.71. The van der Waals surface area contributed by atoms with Crippen LogP contribution in [0.2, 0.25) is 0 Å². The molecule has 0 bridgehead atoms. The monoisotopic (exact) mass is 274 g/mol. The number of amides is 1. The molecule has 2 rings (SSSR count). The first kappa shape index (κ1) is 13.7. The highest BCUT2D eigenvalue weighted by atomic mass is 16.5. The lowest BCUT2D eigenvalue weighted by molar-refractivity contribution is -0.142. The number of imidazole rings is 1. The molecule has 2 heterocycles. The smallest absolute Gasteiger partial charge is 0.328 e. The summed E-state index contributed by atoms with van der Waals surface area (Å²) >= 11 is 0. The van der Waals surface area contributed by atoms with Crippen LogP contribution in [0.25, 0.3) is 0 Å². The summed E-state index contributed by atoms with van der Waals surface area (Å²) in [5, 5.41) is 2.63. The topological polar surface area (TPSA) is 97.0 Å². The van der Waals surface area contributed by atoms with Crippen LogP contribution in [0.3, 0.4) is 0 Å². The number of aromatic nitrogens is 3. The van der Waals surface area contributed by atoms with Crippen molar-refractivity contribution < 1.29 is 14.3 Å². The van der Waals surface area contributed by atoms with Crippen LogP contribution in [0.5, 0.6) is 0 Å². The van der Waals surface area contributed by atoms with Gasteiger partial charge in [-0.05, 0) is 12.1 Å². The van der Waals surface area contributed by atoms with Crippen LogP contribution in [0.4, 0.5) is 0 Å². The lowest BCUT2D eigenvalue weighted by Gasteiger charge is -2.15. The number of nitrogens with one attached hydrogen (secondary N) is 2. The van der Waals surface area contributed by atoms with Gasteiger partial charge in [-0.2, -0.15) is 0 Å². The molecule has 0 radical (unpaired) electrons. The Kier molecular flexibility index (Phi) is 4.43. The van der Waals surface area contributed by atoms with Gasteiger partial charge in [0.1, 0.15) is 6.04 Å². The summed E-state index contributed by atoms with van der Waals surface area (Å²) in [6.45, 7) is 0. The van der Waals surface area contributed by atoms with E-state index in [-0.39, 0.29) is 12.3 Å². The predicted molar refractivity (Wildman–Crippen MR) is 69.8 cm³/mol. The highest BCUT2D eigenvalue weighted by molar-refractivity contribution is 5.96. The molecule has 1 atom stereocenters. The Morgan fingerprint density at radius 1 is 1.35 bits per heavy atom. The van der Waals surface area contributed by atoms with Gasteiger partial charge in [-0.1, -0.05) is 0 Å². The first-order chi connectivity index (χ1) is 9.70. The number of rotatable bonds is 5. The Bertz CT molecular complexity index is 569. The zero-order valence-corrected chi connectivity index (χ0v) is 10.9. The Labute approximate surface area is 115 Å². The van der Waals surface area contributed by atoms with E-state index in [9.17, 15) is 9.59 Å². The number of hydrogen-bond donors (Lipinski definition) is 2. The van der Waals surface area contributed by atoms with Gasteiger partial charge in [0.25, 0.3) is 5.91 Å². The molecule has 0 aliphatic rings. The van der Waals surface area contributed by atoms with Crippen LogP contribution in [-0.4, -0.2) is 40.0 Å². The van der Waals surface area contributed by atoms with Gasteiger partial charge in [-0.3, -0.25) is 9.78 Å². The van der Waals surface area contributed by atoms with E-state index >= 15 is 0 Å². The summed E-state index contributed by atoms with van der Waals surface area (Å²) < 4.78 is 4.70. The van der Waals surface area contributed by atoms with E-state index in [1.807, 2.05) is 0 Å². The van der Waals surface area contributed by atoms with Gasteiger partial charge in [-0.15, -0.1) is 0 Å². The zero-order valence-electron chi connectivity index (χ0n) is 10.9. The number of methoxy groups -OCH3 is 1. The highest BCUT2D eigenvalue weighted by Gasteiger charge is 2.23. The summed E-state index contributed by atoms with van der Waals surface area (Å²) in [5.41, 5.74) is 1.16. The van der Waals surface area contributed by atoms with Crippen molar-refractivity contribution in [3.05, 3.63) is 48.3 Å². The van der Waals surface area contributed by atoms with Crippen LogP contribution in [0, 0.1) is 0 Å². The molecule has 0 aliphatic carbocycles. The van der Waals surface area contributed by atoms with E-state index < -0.39 is 12.0 Å². The molecular formula is C13H14N4O3. The molecule has 0 fully saturated rings. The normalized spacial score (nSPS) is 11.7. The van der Waals surface area contributed by atoms with E-state index in [1.54, 1.807) is 18.3 Å². The molecule has 0 unspecified atom stereocenters.